The van der Waals surface area contributed by atoms with Gasteiger partial charge in [0.2, 0.25) is 12.7 Å². The molecule has 166 valence electrons. The molecule has 31 heavy (non-hydrogen) atoms. The lowest BCUT2D eigenvalue weighted by atomic mass is 10.2. The van der Waals surface area contributed by atoms with E-state index in [1.54, 1.807) is 6.20 Å². The van der Waals surface area contributed by atoms with E-state index in [2.05, 4.69) is 15.0 Å². The number of halogens is 1. The van der Waals surface area contributed by atoms with Gasteiger partial charge < -0.3 is 14.6 Å². The largest absolute Gasteiger partial charge is 0.481 e. The van der Waals surface area contributed by atoms with Gasteiger partial charge in [-0.3, -0.25) is 9.59 Å². The number of rotatable bonds is 11. The maximum Gasteiger partial charge on any atom is 0.308 e. The van der Waals surface area contributed by atoms with Crippen LogP contribution in [0.25, 0.3) is 0 Å². The van der Waals surface area contributed by atoms with E-state index >= 15 is 0 Å². The van der Waals surface area contributed by atoms with Gasteiger partial charge in [0, 0.05) is 35.9 Å². The number of carbonyl (C=O) groups is 2. The number of aromatic nitrogens is 3. The van der Waals surface area contributed by atoms with Gasteiger partial charge in [0.15, 0.2) is 5.16 Å². The summed E-state index contributed by atoms with van der Waals surface area (Å²) < 4.78 is 10.8. The Hall–Kier alpha value is -2.39. The highest BCUT2D eigenvalue weighted by atomic mass is 35.5. The van der Waals surface area contributed by atoms with Gasteiger partial charge in [-0.2, -0.15) is 4.98 Å². The number of hydrogen-bond acceptors (Lipinski definition) is 8. The predicted molar refractivity (Wildman–Crippen MR) is 115 cm³/mol. The second-order valence-electron chi connectivity index (χ2n) is 7.22. The number of ether oxygens (including phenoxy) is 2. The van der Waals surface area contributed by atoms with Crippen LogP contribution in [0.2, 0.25) is 5.15 Å². The standard InChI is InChI=1S/C21H24ClN3O5S/c1-13-9-14(19(22)23-10-13)11-31-21-24-16-6-4-5-15(16)20(25-21)30-12-29-18(28)8-3-2-7-17(26)27/h9-10H,2-8,11-12H2,1H3,(H,26,27). The molecule has 1 N–H and O–H groups in total. The highest BCUT2D eigenvalue weighted by Gasteiger charge is 2.21. The molecule has 1 aliphatic rings. The summed E-state index contributed by atoms with van der Waals surface area (Å²) in [5.74, 6) is -0.273. The lowest BCUT2D eigenvalue weighted by Gasteiger charge is -2.12. The van der Waals surface area contributed by atoms with Crippen LogP contribution in [0.1, 0.15) is 54.5 Å². The van der Waals surface area contributed by atoms with Crippen molar-refractivity contribution in [3.8, 4) is 5.88 Å². The second-order valence-corrected chi connectivity index (χ2v) is 8.52. The summed E-state index contributed by atoms with van der Waals surface area (Å²) in [7, 11) is 0. The van der Waals surface area contributed by atoms with E-state index in [1.807, 2.05) is 13.0 Å². The van der Waals surface area contributed by atoms with E-state index in [9.17, 15) is 9.59 Å². The van der Waals surface area contributed by atoms with Crippen molar-refractivity contribution in [3.05, 3.63) is 39.8 Å². The van der Waals surface area contributed by atoms with Gasteiger partial charge in [0.1, 0.15) is 5.15 Å². The van der Waals surface area contributed by atoms with Gasteiger partial charge in [-0.05, 0) is 44.6 Å². The average Bonchev–Trinajstić information content (AvgIpc) is 3.20. The van der Waals surface area contributed by atoms with Crippen molar-refractivity contribution in [2.75, 3.05) is 6.79 Å². The van der Waals surface area contributed by atoms with Crippen LogP contribution in [0, 0.1) is 6.92 Å². The van der Waals surface area contributed by atoms with Crippen molar-refractivity contribution < 1.29 is 24.2 Å². The fraction of sp³-hybridized carbons (Fsp3) is 0.476. The Kier molecular flexibility index (Phi) is 8.48. The van der Waals surface area contributed by atoms with E-state index in [0.717, 1.165) is 41.6 Å². The minimum atomic E-state index is -0.871. The molecule has 0 bridgehead atoms. The summed E-state index contributed by atoms with van der Waals surface area (Å²) >= 11 is 7.63. The van der Waals surface area contributed by atoms with Crippen LogP contribution < -0.4 is 4.74 Å². The SMILES string of the molecule is Cc1cnc(Cl)c(CSc2nc3c(c(OCOC(=O)CCCCC(=O)O)n2)CCC3)c1. The number of fused-ring (bicyclic) bond motifs is 1. The number of pyridine rings is 1. The molecule has 0 aromatic carbocycles. The number of nitrogens with zero attached hydrogens (tertiary/aromatic N) is 3. The van der Waals surface area contributed by atoms with Crippen LogP contribution >= 0.6 is 23.4 Å². The Labute approximate surface area is 189 Å². The number of unbranched alkanes of at least 4 members (excludes halogenated alkanes) is 1. The first-order chi connectivity index (χ1) is 14.9. The van der Waals surface area contributed by atoms with Gasteiger partial charge in [-0.15, -0.1) is 0 Å². The van der Waals surface area contributed by atoms with Gasteiger partial charge in [0.05, 0.1) is 5.69 Å². The number of aryl methyl sites for hydroxylation is 2. The molecular formula is C21H24ClN3O5S. The number of aliphatic carboxylic acids is 1. The zero-order valence-electron chi connectivity index (χ0n) is 17.2. The predicted octanol–water partition coefficient (Wildman–Crippen LogP) is 4.14. The number of carbonyl (C=O) groups excluding carboxylic acids is 1. The van der Waals surface area contributed by atoms with Crippen molar-refractivity contribution in [2.24, 2.45) is 0 Å². The summed E-state index contributed by atoms with van der Waals surface area (Å²) in [6.45, 7) is 1.72. The quantitative estimate of drug-likeness (QED) is 0.131. The third kappa shape index (κ3) is 7.07. The maximum atomic E-state index is 11.8. The Morgan fingerprint density at radius 2 is 2.03 bits per heavy atom. The molecule has 0 spiro atoms. The van der Waals surface area contributed by atoms with Crippen LogP contribution in [-0.2, 0) is 32.9 Å². The van der Waals surface area contributed by atoms with Gasteiger partial charge in [-0.1, -0.05) is 29.4 Å². The lowest BCUT2D eigenvalue weighted by Crippen LogP contribution is -2.12. The first-order valence-corrected chi connectivity index (χ1v) is 11.4. The zero-order valence-corrected chi connectivity index (χ0v) is 18.8. The van der Waals surface area contributed by atoms with Crippen LogP contribution in [0.5, 0.6) is 5.88 Å². The average molecular weight is 466 g/mol. The highest BCUT2D eigenvalue weighted by molar-refractivity contribution is 7.98. The fourth-order valence-corrected chi connectivity index (χ4v) is 4.26. The molecule has 0 fully saturated rings. The third-order valence-electron chi connectivity index (χ3n) is 4.72. The van der Waals surface area contributed by atoms with E-state index in [1.165, 1.54) is 11.8 Å². The molecule has 0 atom stereocenters. The summed E-state index contributed by atoms with van der Waals surface area (Å²) in [4.78, 5) is 35.6. The topological polar surface area (TPSA) is 112 Å². The molecule has 8 nitrogen and oxygen atoms in total. The summed E-state index contributed by atoms with van der Waals surface area (Å²) in [6, 6.07) is 1.99. The van der Waals surface area contributed by atoms with Crippen LogP contribution in [0.15, 0.2) is 17.4 Å². The molecule has 0 aliphatic heterocycles. The third-order valence-corrected chi connectivity index (χ3v) is 5.95. The minimum Gasteiger partial charge on any atom is -0.481 e. The first kappa shape index (κ1) is 23.3. The van der Waals surface area contributed by atoms with E-state index in [0.29, 0.717) is 34.8 Å². The summed E-state index contributed by atoms with van der Waals surface area (Å²) in [5.41, 5.74) is 3.86. The van der Waals surface area contributed by atoms with Gasteiger partial charge in [0.25, 0.3) is 0 Å². The van der Waals surface area contributed by atoms with Crippen molar-refractivity contribution in [2.45, 2.75) is 62.8 Å². The number of thioether (sulfide) groups is 1. The van der Waals surface area contributed by atoms with Crippen LogP contribution in [-0.4, -0.2) is 38.8 Å². The second kappa shape index (κ2) is 11.3. The summed E-state index contributed by atoms with van der Waals surface area (Å²) in [5, 5.41) is 9.66. The van der Waals surface area contributed by atoms with E-state index < -0.39 is 11.9 Å². The number of carboxylic acids is 1. The van der Waals surface area contributed by atoms with Crippen molar-refractivity contribution in [1.82, 2.24) is 15.0 Å². The molecule has 2 aromatic rings. The molecule has 0 radical (unpaired) electrons. The lowest BCUT2D eigenvalue weighted by molar-refractivity contribution is -0.150. The Morgan fingerprint density at radius 1 is 1.23 bits per heavy atom. The van der Waals surface area contributed by atoms with E-state index in [4.69, 9.17) is 26.2 Å². The van der Waals surface area contributed by atoms with Gasteiger partial charge in [-0.25, -0.2) is 9.97 Å². The smallest absolute Gasteiger partial charge is 0.308 e. The normalized spacial score (nSPS) is 12.5. The Balaban J connectivity index is 1.55. The Bertz CT molecular complexity index is 957. The van der Waals surface area contributed by atoms with Crippen LogP contribution in [0.3, 0.4) is 0 Å². The first-order valence-electron chi connectivity index (χ1n) is 10.1. The maximum absolute atomic E-state index is 11.8. The molecule has 0 saturated heterocycles. The van der Waals surface area contributed by atoms with Crippen LogP contribution in [0.4, 0.5) is 0 Å². The van der Waals surface area contributed by atoms with E-state index in [-0.39, 0.29) is 19.6 Å². The number of hydrogen-bond donors (Lipinski definition) is 1. The highest BCUT2D eigenvalue weighted by Crippen LogP contribution is 2.32. The molecule has 1 aliphatic carbocycles. The zero-order chi connectivity index (χ0) is 22.2. The minimum absolute atomic E-state index is 0.0428. The summed E-state index contributed by atoms with van der Waals surface area (Å²) in [6.07, 6.45) is 5.49. The molecule has 0 saturated carbocycles. The number of esters is 1. The molecule has 10 heteroatoms. The van der Waals surface area contributed by atoms with Crippen molar-refractivity contribution in [3.63, 3.8) is 0 Å². The molecule has 0 amide bonds. The fourth-order valence-electron chi connectivity index (χ4n) is 3.19. The van der Waals surface area contributed by atoms with Crippen molar-refractivity contribution >= 4 is 35.3 Å². The monoisotopic (exact) mass is 465 g/mol. The molecule has 0 unspecified atom stereocenters. The molecular weight excluding hydrogens is 442 g/mol. The van der Waals surface area contributed by atoms with Gasteiger partial charge >= 0.3 is 11.9 Å². The molecule has 2 aromatic heterocycles. The molecule has 2 heterocycles. The van der Waals surface area contributed by atoms with Crippen molar-refractivity contribution in [1.29, 1.82) is 0 Å². The number of carboxylic acid groups (broad SMARTS) is 1. The molecule has 3 rings (SSSR count). The Morgan fingerprint density at radius 3 is 2.84 bits per heavy atom.